The minimum absolute atomic E-state index is 0.150. The van der Waals surface area contributed by atoms with Crippen molar-refractivity contribution in [3.05, 3.63) is 43.5 Å². The quantitative estimate of drug-likeness (QED) is 0.645. The van der Waals surface area contributed by atoms with Crippen LogP contribution in [0.4, 0.5) is 5.13 Å². The molecule has 3 rings (SSSR count). The molecule has 0 radical (unpaired) electrons. The zero-order chi connectivity index (χ0) is 14.3. The number of hydrogen-bond donors (Lipinski definition) is 1. The third-order valence-electron chi connectivity index (χ3n) is 2.67. The van der Waals surface area contributed by atoms with E-state index in [1.54, 1.807) is 6.07 Å². The van der Waals surface area contributed by atoms with Crippen LogP contribution >= 0.6 is 50.2 Å². The molecule has 0 bridgehead atoms. The molecule has 3 aromatic rings. The van der Waals surface area contributed by atoms with Gasteiger partial charge in [-0.3, -0.25) is 10.1 Å². The number of nitrogens with one attached hydrogen (secondary N) is 1. The number of carbonyl (C=O) groups is 1. The maximum absolute atomic E-state index is 12.1. The molecule has 2 heterocycles. The molecule has 0 atom stereocenters. The van der Waals surface area contributed by atoms with Crippen molar-refractivity contribution < 1.29 is 4.79 Å². The number of thiophene rings is 1. The van der Waals surface area contributed by atoms with Crippen LogP contribution in [0.15, 0.2) is 28.1 Å². The molecule has 0 unspecified atom stereocenters. The van der Waals surface area contributed by atoms with Crippen LogP contribution in [0.2, 0.25) is 5.02 Å². The zero-order valence-electron chi connectivity index (χ0n) is 10.2. The van der Waals surface area contributed by atoms with E-state index in [9.17, 15) is 4.79 Å². The van der Waals surface area contributed by atoms with Crippen LogP contribution < -0.4 is 5.32 Å². The summed E-state index contributed by atoms with van der Waals surface area (Å²) in [5.41, 5.74) is 1.88. The second-order valence-corrected chi connectivity index (χ2v) is 8.08. The van der Waals surface area contributed by atoms with Crippen molar-refractivity contribution in [2.24, 2.45) is 0 Å². The number of anilines is 1. The Balaban J connectivity index is 1.91. The van der Waals surface area contributed by atoms with Crippen LogP contribution in [-0.2, 0) is 0 Å². The van der Waals surface area contributed by atoms with E-state index in [-0.39, 0.29) is 5.91 Å². The Morgan fingerprint density at radius 3 is 2.85 bits per heavy atom. The van der Waals surface area contributed by atoms with E-state index in [1.807, 2.05) is 25.1 Å². The van der Waals surface area contributed by atoms with Gasteiger partial charge in [-0.15, -0.1) is 11.3 Å². The minimum atomic E-state index is -0.150. The number of benzene rings is 1. The molecular weight excluding hydrogens is 380 g/mol. The van der Waals surface area contributed by atoms with Gasteiger partial charge < -0.3 is 0 Å². The molecule has 0 aliphatic carbocycles. The fourth-order valence-electron chi connectivity index (χ4n) is 1.80. The van der Waals surface area contributed by atoms with E-state index in [0.29, 0.717) is 15.0 Å². The summed E-state index contributed by atoms with van der Waals surface area (Å²) < 4.78 is 1.90. The predicted octanol–water partition coefficient (Wildman–Crippen LogP) is 5.33. The number of halogens is 2. The standard InChI is InChI=1S/C13H8BrClN2OS2/c1-6-4-7(15)5-9-11(6)16-13(20-9)17-12(18)8-2-3-10(14)19-8/h2-5H,1H3,(H,16,17,18). The Morgan fingerprint density at radius 1 is 1.35 bits per heavy atom. The predicted molar refractivity (Wildman–Crippen MR) is 89.3 cm³/mol. The molecule has 1 aromatic carbocycles. The number of amides is 1. The van der Waals surface area contributed by atoms with Crippen LogP contribution in [0, 0.1) is 6.92 Å². The van der Waals surface area contributed by atoms with Gasteiger partial charge in [-0.05, 0) is 52.7 Å². The van der Waals surface area contributed by atoms with Crippen molar-refractivity contribution in [1.29, 1.82) is 0 Å². The minimum Gasteiger partial charge on any atom is -0.297 e. The molecule has 0 fully saturated rings. The smallest absolute Gasteiger partial charge is 0.267 e. The number of fused-ring (bicyclic) bond motifs is 1. The third-order valence-corrected chi connectivity index (χ3v) is 5.43. The lowest BCUT2D eigenvalue weighted by Crippen LogP contribution is -2.09. The van der Waals surface area contributed by atoms with Crippen molar-refractivity contribution in [3.63, 3.8) is 0 Å². The average Bonchev–Trinajstić information content (AvgIpc) is 2.95. The van der Waals surface area contributed by atoms with Crippen molar-refractivity contribution in [3.8, 4) is 0 Å². The van der Waals surface area contributed by atoms with Crippen molar-refractivity contribution >= 4 is 71.5 Å². The third kappa shape index (κ3) is 2.74. The Morgan fingerprint density at radius 2 is 2.15 bits per heavy atom. The highest BCUT2D eigenvalue weighted by molar-refractivity contribution is 9.11. The van der Waals surface area contributed by atoms with Gasteiger partial charge in [-0.1, -0.05) is 22.9 Å². The number of carbonyl (C=O) groups excluding carboxylic acids is 1. The number of thiazole rings is 1. The fraction of sp³-hybridized carbons (Fsp3) is 0.0769. The molecule has 0 spiro atoms. The maximum atomic E-state index is 12.1. The highest BCUT2D eigenvalue weighted by Crippen LogP contribution is 2.31. The molecule has 0 aliphatic heterocycles. The SMILES string of the molecule is Cc1cc(Cl)cc2sc(NC(=O)c3ccc(Br)s3)nc12. The number of hydrogen-bond acceptors (Lipinski definition) is 4. The molecule has 2 aromatic heterocycles. The maximum Gasteiger partial charge on any atom is 0.267 e. The van der Waals surface area contributed by atoms with E-state index in [2.05, 4.69) is 26.2 Å². The van der Waals surface area contributed by atoms with Crippen LogP contribution in [0.5, 0.6) is 0 Å². The van der Waals surface area contributed by atoms with Gasteiger partial charge in [0.1, 0.15) is 0 Å². The Kier molecular flexibility index (Phi) is 3.81. The summed E-state index contributed by atoms with van der Waals surface area (Å²) in [6, 6.07) is 7.35. The van der Waals surface area contributed by atoms with Gasteiger partial charge in [0.2, 0.25) is 0 Å². The first-order chi connectivity index (χ1) is 9.52. The summed E-state index contributed by atoms with van der Waals surface area (Å²) in [6.07, 6.45) is 0. The van der Waals surface area contributed by atoms with Crippen LogP contribution in [0.1, 0.15) is 15.2 Å². The second-order valence-electron chi connectivity index (χ2n) is 4.15. The molecule has 0 aliphatic rings. The monoisotopic (exact) mass is 386 g/mol. The number of aromatic nitrogens is 1. The number of rotatable bonds is 2. The molecule has 7 heteroatoms. The van der Waals surface area contributed by atoms with Gasteiger partial charge >= 0.3 is 0 Å². The highest BCUT2D eigenvalue weighted by atomic mass is 79.9. The van der Waals surface area contributed by atoms with E-state index >= 15 is 0 Å². The van der Waals surface area contributed by atoms with Gasteiger partial charge in [0.15, 0.2) is 5.13 Å². The first-order valence-corrected chi connectivity index (χ1v) is 8.47. The van der Waals surface area contributed by atoms with Crippen LogP contribution in [0.3, 0.4) is 0 Å². The first kappa shape index (κ1) is 14.0. The van der Waals surface area contributed by atoms with E-state index < -0.39 is 0 Å². The fourth-order valence-corrected chi connectivity index (χ4v) is 4.40. The number of aryl methyl sites for hydroxylation is 1. The van der Waals surface area contributed by atoms with Crippen LogP contribution in [-0.4, -0.2) is 10.9 Å². The topological polar surface area (TPSA) is 42.0 Å². The summed E-state index contributed by atoms with van der Waals surface area (Å²) in [5, 5.41) is 4.09. The lowest BCUT2D eigenvalue weighted by molar-refractivity contribution is 0.103. The average molecular weight is 388 g/mol. The van der Waals surface area contributed by atoms with E-state index in [0.717, 1.165) is 19.6 Å². The van der Waals surface area contributed by atoms with Gasteiger partial charge in [0.05, 0.1) is 18.9 Å². The van der Waals surface area contributed by atoms with Crippen molar-refractivity contribution in [2.45, 2.75) is 6.92 Å². The van der Waals surface area contributed by atoms with Gasteiger partial charge in [0.25, 0.3) is 5.91 Å². The molecule has 20 heavy (non-hydrogen) atoms. The Bertz CT molecular complexity index is 812. The van der Waals surface area contributed by atoms with Gasteiger partial charge in [-0.2, -0.15) is 0 Å². The normalized spacial score (nSPS) is 10.9. The van der Waals surface area contributed by atoms with Crippen molar-refractivity contribution in [1.82, 2.24) is 4.98 Å². The molecule has 3 nitrogen and oxygen atoms in total. The summed E-state index contributed by atoms with van der Waals surface area (Å²) in [5.74, 6) is -0.150. The summed E-state index contributed by atoms with van der Waals surface area (Å²) in [4.78, 5) is 17.2. The highest BCUT2D eigenvalue weighted by Gasteiger charge is 2.13. The van der Waals surface area contributed by atoms with E-state index in [4.69, 9.17) is 11.6 Å². The Labute approximate surface area is 136 Å². The Hall–Kier alpha value is -0.950. The molecule has 0 saturated carbocycles. The van der Waals surface area contributed by atoms with E-state index in [1.165, 1.54) is 22.7 Å². The second kappa shape index (κ2) is 5.44. The van der Waals surface area contributed by atoms with Gasteiger partial charge in [0, 0.05) is 5.02 Å². The summed E-state index contributed by atoms with van der Waals surface area (Å²) in [6.45, 7) is 1.95. The van der Waals surface area contributed by atoms with Crippen LogP contribution in [0.25, 0.3) is 10.2 Å². The largest absolute Gasteiger partial charge is 0.297 e. The van der Waals surface area contributed by atoms with Crippen molar-refractivity contribution in [2.75, 3.05) is 5.32 Å². The molecule has 1 amide bonds. The number of nitrogens with zero attached hydrogens (tertiary/aromatic N) is 1. The summed E-state index contributed by atoms with van der Waals surface area (Å²) >= 11 is 12.2. The molecule has 102 valence electrons. The molecule has 1 N–H and O–H groups in total. The lowest BCUT2D eigenvalue weighted by Gasteiger charge is -1.97. The molecule has 0 saturated heterocycles. The van der Waals surface area contributed by atoms with Gasteiger partial charge in [-0.25, -0.2) is 4.98 Å². The lowest BCUT2D eigenvalue weighted by atomic mass is 10.2. The summed E-state index contributed by atoms with van der Waals surface area (Å²) in [7, 11) is 0. The zero-order valence-corrected chi connectivity index (χ0v) is 14.2. The first-order valence-electron chi connectivity index (χ1n) is 5.66. The molecular formula is C13H8BrClN2OS2.